The van der Waals surface area contributed by atoms with E-state index in [2.05, 4.69) is 60.5 Å². The minimum atomic E-state index is -0.590. The molecule has 1 amide bonds. The number of hydrogen-bond acceptors (Lipinski definition) is 3. The SMILES string of the molecule is COc1ccccc1/C=C/C12NC(=O)CCN1c1ccccc1C2(C)C. The van der Waals surface area contributed by atoms with Gasteiger partial charge in [-0.3, -0.25) is 4.79 Å². The fraction of sp³-hybridized carbons (Fsp3) is 0.318. The minimum Gasteiger partial charge on any atom is -0.496 e. The smallest absolute Gasteiger partial charge is 0.223 e. The van der Waals surface area contributed by atoms with Gasteiger partial charge in [0.2, 0.25) is 5.91 Å². The van der Waals surface area contributed by atoms with Crippen molar-refractivity contribution in [2.24, 2.45) is 0 Å². The molecular weight excluding hydrogens is 324 g/mol. The van der Waals surface area contributed by atoms with Crippen LogP contribution in [0.4, 0.5) is 5.69 Å². The maximum atomic E-state index is 12.4. The van der Waals surface area contributed by atoms with E-state index in [0.29, 0.717) is 13.0 Å². The van der Waals surface area contributed by atoms with E-state index < -0.39 is 5.66 Å². The van der Waals surface area contributed by atoms with Gasteiger partial charge in [0.05, 0.1) is 7.11 Å². The number of amides is 1. The van der Waals surface area contributed by atoms with Crippen LogP contribution in [0.15, 0.2) is 54.6 Å². The summed E-state index contributed by atoms with van der Waals surface area (Å²) in [5, 5.41) is 3.30. The van der Waals surface area contributed by atoms with Gasteiger partial charge in [0.1, 0.15) is 11.4 Å². The predicted molar refractivity (Wildman–Crippen MR) is 104 cm³/mol. The first-order valence-electron chi connectivity index (χ1n) is 9.00. The molecule has 1 atom stereocenters. The molecule has 4 nitrogen and oxygen atoms in total. The van der Waals surface area contributed by atoms with Gasteiger partial charge in [0.15, 0.2) is 0 Å². The van der Waals surface area contributed by atoms with E-state index >= 15 is 0 Å². The normalized spacial score (nSPS) is 23.5. The number of anilines is 1. The van der Waals surface area contributed by atoms with Crippen molar-refractivity contribution in [2.45, 2.75) is 31.3 Å². The third-order valence-corrected chi connectivity index (χ3v) is 5.78. The van der Waals surface area contributed by atoms with Crippen LogP contribution in [0.2, 0.25) is 0 Å². The molecule has 2 aliphatic rings. The lowest BCUT2D eigenvalue weighted by atomic mass is 9.74. The summed E-state index contributed by atoms with van der Waals surface area (Å²) < 4.78 is 5.48. The Morgan fingerprint density at radius 3 is 2.65 bits per heavy atom. The fourth-order valence-corrected chi connectivity index (χ4v) is 4.33. The first-order chi connectivity index (χ1) is 12.5. The number of nitrogens with zero attached hydrogens (tertiary/aromatic N) is 1. The van der Waals surface area contributed by atoms with E-state index in [1.165, 1.54) is 11.3 Å². The van der Waals surface area contributed by atoms with E-state index in [4.69, 9.17) is 4.74 Å². The van der Waals surface area contributed by atoms with Gasteiger partial charge in [-0.2, -0.15) is 0 Å². The van der Waals surface area contributed by atoms with Crippen molar-refractivity contribution in [1.29, 1.82) is 0 Å². The number of fused-ring (bicyclic) bond motifs is 3. The maximum absolute atomic E-state index is 12.4. The summed E-state index contributed by atoms with van der Waals surface area (Å²) in [4.78, 5) is 14.7. The number of hydrogen-bond donors (Lipinski definition) is 1. The van der Waals surface area contributed by atoms with Crippen LogP contribution >= 0.6 is 0 Å². The summed E-state index contributed by atoms with van der Waals surface area (Å²) in [5.74, 6) is 0.911. The van der Waals surface area contributed by atoms with E-state index in [9.17, 15) is 4.79 Å². The van der Waals surface area contributed by atoms with Crippen LogP contribution in [0.25, 0.3) is 6.08 Å². The van der Waals surface area contributed by atoms with Crippen molar-refractivity contribution >= 4 is 17.7 Å². The van der Waals surface area contributed by atoms with Crippen molar-refractivity contribution in [3.63, 3.8) is 0 Å². The van der Waals surface area contributed by atoms with Crippen LogP contribution in [0, 0.1) is 0 Å². The predicted octanol–water partition coefficient (Wildman–Crippen LogP) is 3.72. The topological polar surface area (TPSA) is 41.6 Å². The van der Waals surface area contributed by atoms with Crippen LogP contribution < -0.4 is 15.0 Å². The van der Waals surface area contributed by atoms with Gasteiger partial charge >= 0.3 is 0 Å². The highest BCUT2D eigenvalue weighted by Crippen LogP contribution is 2.52. The highest BCUT2D eigenvalue weighted by molar-refractivity contribution is 5.84. The Hall–Kier alpha value is -2.75. The van der Waals surface area contributed by atoms with E-state index in [1.54, 1.807) is 7.11 Å². The summed E-state index contributed by atoms with van der Waals surface area (Å²) in [5.41, 5.74) is 2.59. The number of ether oxygens (including phenoxy) is 1. The quantitative estimate of drug-likeness (QED) is 0.919. The standard InChI is InChI=1S/C22H24N2O2/c1-21(2)17-9-5-6-10-18(17)24-15-13-20(25)23-22(21,24)14-12-16-8-4-7-11-19(16)26-3/h4-12,14H,13,15H2,1-3H3,(H,23,25)/b14-12+. The minimum absolute atomic E-state index is 0.0896. The molecule has 2 aromatic carbocycles. The monoisotopic (exact) mass is 348 g/mol. The van der Waals surface area contributed by atoms with E-state index in [1.807, 2.05) is 24.3 Å². The Morgan fingerprint density at radius 2 is 1.85 bits per heavy atom. The van der Waals surface area contributed by atoms with Gasteiger partial charge in [0, 0.05) is 29.6 Å². The molecule has 4 heteroatoms. The molecule has 0 saturated carbocycles. The summed E-state index contributed by atoms with van der Waals surface area (Å²) in [6.45, 7) is 5.11. The summed E-state index contributed by atoms with van der Waals surface area (Å²) in [6.07, 6.45) is 4.70. The first-order valence-corrected chi connectivity index (χ1v) is 9.00. The van der Waals surface area contributed by atoms with Gasteiger partial charge in [-0.05, 0) is 23.8 Å². The second-order valence-electron chi connectivity index (χ2n) is 7.43. The second-order valence-corrected chi connectivity index (χ2v) is 7.43. The van der Waals surface area contributed by atoms with Crippen LogP contribution in [0.1, 0.15) is 31.4 Å². The zero-order valence-corrected chi connectivity index (χ0v) is 15.5. The fourth-order valence-electron chi connectivity index (χ4n) is 4.33. The van der Waals surface area contributed by atoms with E-state index in [0.717, 1.165) is 11.3 Å². The number of carbonyl (C=O) groups excluding carboxylic acids is 1. The molecule has 1 saturated heterocycles. The molecule has 0 radical (unpaired) electrons. The zero-order chi connectivity index (χ0) is 18.4. The number of para-hydroxylation sites is 2. The van der Waals surface area contributed by atoms with Crippen molar-refractivity contribution in [2.75, 3.05) is 18.6 Å². The molecule has 0 bridgehead atoms. The Bertz CT molecular complexity index is 887. The van der Waals surface area contributed by atoms with Gasteiger partial charge in [-0.15, -0.1) is 0 Å². The molecule has 26 heavy (non-hydrogen) atoms. The van der Waals surface area contributed by atoms with Crippen molar-refractivity contribution < 1.29 is 9.53 Å². The molecule has 2 aromatic rings. The molecular formula is C22H24N2O2. The van der Waals surface area contributed by atoms with Crippen molar-refractivity contribution in [3.8, 4) is 5.75 Å². The van der Waals surface area contributed by atoms with Crippen LogP contribution in [0.5, 0.6) is 5.75 Å². The van der Waals surface area contributed by atoms with Gasteiger partial charge in [0.25, 0.3) is 0 Å². The van der Waals surface area contributed by atoms with Gasteiger partial charge in [-0.25, -0.2) is 0 Å². The lowest BCUT2D eigenvalue weighted by molar-refractivity contribution is -0.124. The van der Waals surface area contributed by atoms with Crippen molar-refractivity contribution in [1.82, 2.24) is 5.32 Å². The molecule has 2 heterocycles. The largest absolute Gasteiger partial charge is 0.496 e. The molecule has 2 aliphatic heterocycles. The highest BCUT2D eigenvalue weighted by Gasteiger charge is 2.57. The lowest BCUT2D eigenvalue weighted by Crippen LogP contribution is -2.68. The van der Waals surface area contributed by atoms with Crippen LogP contribution in [0.3, 0.4) is 0 Å². The average Bonchev–Trinajstić information content (AvgIpc) is 2.85. The Balaban J connectivity index is 1.85. The van der Waals surface area contributed by atoms with E-state index in [-0.39, 0.29) is 11.3 Å². The second kappa shape index (κ2) is 5.90. The van der Waals surface area contributed by atoms with Crippen LogP contribution in [-0.2, 0) is 10.2 Å². The third kappa shape index (κ3) is 2.25. The third-order valence-electron chi connectivity index (χ3n) is 5.78. The Labute approximate surface area is 154 Å². The maximum Gasteiger partial charge on any atom is 0.223 e. The first kappa shape index (κ1) is 16.7. The molecule has 0 spiro atoms. The summed E-state index contributed by atoms with van der Waals surface area (Å²) in [6, 6.07) is 16.4. The number of benzene rings is 2. The zero-order valence-electron chi connectivity index (χ0n) is 15.5. The highest BCUT2D eigenvalue weighted by atomic mass is 16.5. The number of methoxy groups -OCH3 is 1. The number of nitrogens with one attached hydrogen (secondary N) is 1. The molecule has 134 valence electrons. The average molecular weight is 348 g/mol. The molecule has 0 aliphatic carbocycles. The number of carbonyl (C=O) groups is 1. The van der Waals surface area contributed by atoms with Gasteiger partial charge < -0.3 is 15.0 Å². The van der Waals surface area contributed by atoms with Crippen molar-refractivity contribution in [3.05, 3.63) is 65.7 Å². The summed E-state index contributed by atoms with van der Waals surface area (Å²) >= 11 is 0. The Kier molecular flexibility index (Phi) is 3.79. The van der Waals surface area contributed by atoms with Crippen LogP contribution in [-0.4, -0.2) is 25.2 Å². The molecule has 0 aromatic heterocycles. The van der Waals surface area contributed by atoms with Gasteiger partial charge in [-0.1, -0.05) is 56.3 Å². The molecule has 4 rings (SSSR count). The molecule has 1 N–H and O–H groups in total. The summed E-state index contributed by atoms with van der Waals surface area (Å²) in [7, 11) is 1.68. The molecule has 1 fully saturated rings. The Morgan fingerprint density at radius 1 is 1.12 bits per heavy atom. The molecule has 1 unspecified atom stereocenters. The number of rotatable bonds is 3. The lowest BCUT2D eigenvalue weighted by Gasteiger charge is -2.49.